The standard InChI is InChI=1S/C11H13N3/c1-7-3-4-9(5-10(7)12)11-13-6-8(2)14-11/h3-6H,12H2,1-2H3,(H,13,14). The Morgan fingerprint density at radius 1 is 1.29 bits per heavy atom. The van der Waals surface area contributed by atoms with Gasteiger partial charge in [-0.1, -0.05) is 12.1 Å². The number of hydrogen-bond donors (Lipinski definition) is 2. The van der Waals surface area contributed by atoms with Crippen molar-refractivity contribution in [1.82, 2.24) is 9.97 Å². The van der Waals surface area contributed by atoms with Crippen LogP contribution in [-0.4, -0.2) is 9.97 Å². The molecular weight excluding hydrogens is 174 g/mol. The largest absolute Gasteiger partial charge is 0.398 e. The summed E-state index contributed by atoms with van der Waals surface area (Å²) in [6.45, 7) is 3.97. The smallest absolute Gasteiger partial charge is 0.137 e. The molecule has 14 heavy (non-hydrogen) atoms. The van der Waals surface area contributed by atoms with Gasteiger partial charge in [0.05, 0.1) is 0 Å². The number of aryl methyl sites for hydroxylation is 2. The highest BCUT2D eigenvalue weighted by Crippen LogP contribution is 2.20. The second kappa shape index (κ2) is 3.18. The molecule has 3 heteroatoms. The first-order chi connectivity index (χ1) is 6.66. The van der Waals surface area contributed by atoms with E-state index in [-0.39, 0.29) is 0 Å². The third-order valence-corrected chi connectivity index (χ3v) is 2.26. The summed E-state index contributed by atoms with van der Waals surface area (Å²) in [5.74, 6) is 0.870. The Morgan fingerprint density at radius 3 is 2.64 bits per heavy atom. The molecule has 2 aromatic rings. The molecule has 0 unspecified atom stereocenters. The maximum atomic E-state index is 5.82. The molecule has 0 amide bonds. The fourth-order valence-corrected chi connectivity index (χ4v) is 1.35. The molecule has 0 aliphatic heterocycles. The minimum absolute atomic E-state index is 0.802. The van der Waals surface area contributed by atoms with E-state index >= 15 is 0 Å². The lowest BCUT2D eigenvalue weighted by atomic mass is 10.1. The second-order valence-corrected chi connectivity index (χ2v) is 3.49. The van der Waals surface area contributed by atoms with Crippen LogP contribution in [0.2, 0.25) is 0 Å². The lowest BCUT2D eigenvalue weighted by Gasteiger charge is -2.02. The van der Waals surface area contributed by atoms with E-state index < -0.39 is 0 Å². The summed E-state index contributed by atoms with van der Waals surface area (Å²) >= 11 is 0. The number of nitrogen functional groups attached to an aromatic ring is 1. The summed E-state index contributed by atoms with van der Waals surface area (Å²) in [4.78, 5) is 7.42. The van der Waals surface area contributed by atoms with Crippen LogP contribution in [0.25, 0.3) is 11.4 Å². The lowest BCUT2D eigenvalue weighted by molar-refractivity contribution is 1.25. The molecule has 3 N–H and O–H groups in total. The molecule has 0 saturated carbocycles. The van der Waals surface area contributed by atoms with Gasteiger partial charge in [0.1, 0.15) is 5.82 Å². The molecule has 1 aromatic carbocycles. The summed E-state index contributed by atoms with van der Waals surface area (Å²) in [5, 5.41) is 0. The molecule has 0 aliphatic carbocycles. The molecule has 0 radical (unpaired) electrons. The quantitative estimate of drug-likeness (QED) is 0.673. The number of aromatic nitrogens is 2. The van der Waals surface area contributed by atoms with E-state index in [9.17, 15) is 0 Å². The molecule has 3 nitrogen and oxygen atoms in total. The van der Waals surface area contributed by atoms with Crippen molar-refractivity contribution in [2.24, 2.45) is 0 Å². The monoisotopic (exact) mass is 187 g/mol. The third kappa shape index (κ3) is 1.48. The molecule has 0 spiro atoms. The van der Waals surface area contributed by atoms with Crippen LogP contribution in [-0.2, 0) is 0 Å². The SMILES string of the molecule is Cc1cnc(-c2ccc(C)c(N)c2)[nH]1. The van der Waals surface area contributed by atoms with Gasteiger partial charge in [0.2, 0.25) is 0 Å². The van der Waals surface area contributed by atoms with Crippen LogP contribution >= 0.6 is 0 Å². The normalized spacial score (nSPS) is 10.4. The van der Waals surface area contributed by atoms with Gasteiger partial charge < -0.3 is 10.7 Å². The van der Waals surface area contributed by atoms with E-state index in [2.05, 4.69) is 9.97 Å². The molecule has 0 bridgehead atoms. The Balaban J connectivity index is 2.47. The lowest BCUT2D eigenvalue weighted by Crippen LogP contribution is -1.90. The average molecular weight is 187 g/mol. The highest BCUT2D eigenvalue weighted by Gasteiger charge is 2.02. The Bertz CT molecular complexity index is 457. The van der Waals surface area contributed by atoms with E-state index in [0.29, 0.717) is 0 Å². The number of aromatic amines is 1. The number of nitrogens with one attached hydrogen (secondary N) is 1. The molecule has 72 valence electrons. The van der Waals surface area contributed by atoms with Gasteiger partial charge in [0.25, 0.3) is 0 Å². The van der Waals surface area contributed by atoms with Crippen molar-refractivity contribution in [2.45, 2.75) is 13.8 Å². The van der Waals surface area contributed by atoms with Gasteiger partial charge in [0.15, 0.2) is 0 Å². The van der Waals surface area contributed by atoms with Gasteiger partial charge in [-0.3, -0.25) is 0 Å². The van der Waals surface area contributed by atoms with E-state index in [0.717, 1.165) is 28.3 Å². The third-order valence-electron chi connectivity index (χ3n) is 2.26. The van der Waals surface area contributed by atoms with Gasteiger partial charge in [-0.25, -0.2) is 4.98 Å². The van der Waals surface area contributed by atoms with Crippen molar-refractivity contribution in [3.8, 4) is 11.4 Å². The van der Waals surface area contributed by atoms with E-state index in [4.69, 9.17) is 5.73 Å². The molecule has 1 aromatic heterocycles. The topological polar surface area (TPSA) is 54.7 Å². The van der Waals surface area contributed by atoms with Crippen molar-refractivity contribution in [3.63, 3.8) is 0 Å². The summed E-state index contributed by atoms with van der Waals surface area (Å²) < 4.78 is 0. The molecule has 1 heterocycles. The number of anilines is 1. The maximum Gasteiger partial charge on any atom is 0.137 e. The van der Waals surface area contributed by atoms with Crippen LogP contribution < -0.4 is 5.73 Å². The molecule has 0 saturated heterocycles. The highest BCUT2D eigenvalue weighted by molar-refractivity contribution is 5.63. The van der Waals surface area contributed by atoms with E-state index in [1.165, 1.54) is 0 Å². The second-order valence-electron chi connectivity index (χ2n) is 3.49. The number of H-pyrrole nitrogens is 1. The molecular formula is C11H13N3. The number of hydrogen-bond acceptors (Lipinski definition) is 2. The van der Waals surface area contributed by atoms with Gasteiger partial charge in [-0.2, -0.15) is 0 Å². The van der Waals surface area contributed by atoms with Crippen molar-refractivity contribution in [1.29, 1.82) is 0 Å². The number of imidazole rings is 1. The Hall–Kier alpha value is -1.77. The number of benzene rings is 1. The highest BCUT2D eigenvalue weighted by atomic mass is 14.9. The summed E-state index contributed by atoms with van der Waals surface area (Å²) in [6, 6.07) is 5.96. The zero-order valence-corrected chi connectivity index (χ0v) is 8.33. The fraction of sp³-hybridized carbons (Fsp3) is 0.182. The van der Waals surface area contributed by atoms with Crippen LogP contribution in [0.15, 0.2) is 24.4 Å². The fourth-order valence-electron chi connectivity index (χ4n) is 1.35. The number of nitrogens with zero attached hydrogens (tertiary/aromatic N) is 1. The first-order valence-electron chi connectivity index (χ1n) is 4.55. The van der Waals surface area contributed by atoms with Crippen molar-refractivity contribution in [2.75, 3.05) is 5.73 Å². The van der Waals surface area contributed by atoms with Gasteiger partial charge in [0, 0.05) is 23.1 Å². The van der Waals surface area contributed by atoms with Crippen LogP contribution in [0, 0.1) is 13.8 Å². The van der Waals surface area contributed by atoms with Gasteiger partial charge in [-0.15, -0.1) is 0 Å². The Labute approximate surface area is 83.0 Å². The van der Waals surface area contributed by atoms with Crippen LogP contribution in [0.4, 0.5) is 5.69 Å². The van der Waals surface area contributed by atoms with Crippen molar-refractivity contribution in [3.05, 3.63) is 35.7 Å². The first kappa shape index (κ1) is 8.81. The van der Waals surface area contributed by atoms with Crippen molar-refractivity contribution >= 4 is 5.69 Å². The van der Waals surface area contributed by atoms with Gasteiger partial charge >= 0.3 is 0 Å². The Morgan fingerprint density at radius 2 is 2.07 bits per heavy atom. The van der Waals surface area contributed by atoms with E-state index in [1.54, 1.807) is 0 Å². The number of rotatable bonds is 1. The molecule has 0 aliphatic rings. The Kier molecular flexibility index (Phi) is 2.00. The first-order valence-corrected chi connectivity index (χ1v) is 4.55. The predicted molar refractivity (Wildman–Crippen MR) is 57.9 cm³/mol. The predicted octanol–water partition coefficient (Wildman–Crippen LogP) is 2.28. The van der Waals surface area contributed by atoms with Crippen LogP contribution in [0.1, 0.15) is 11.3 Å². The maximum absolute atomic E-state index is 5.82. The molecule has 2 rings (SSSR count). The average Bonchev–Trinajstić information content (AvgIpc) is 2.57. The van der Waals surface area contributed by atoms with Gasteiger partial charge in [-0.05, 0) is 25.5 Å². The zero-order valence-electron chi connectivity index (χ0n) is 8.33. The van der Waals surface area contributed by atoms with Crippen LogP contribution in [0.5, 0.6) is 0 Å². The van der Waals surface area contributed by atoms with Crippen molar-refractivity contribution < 1.29 is 0 Å². The molecule has 0 atom stereocenters. The summed E-state index contributed by atoms with van der Waals surface area (Å²) in [7, 11) is 0. The number of nitrogens with two attached hydrogens (primary N) is 1. The van der Waals surface area contributed by atoms with E-state index in [1.807, 2.05) is 38.2 Å². The zero-order chi connectivity index (χ0) is 10.1. The summed E-state index contributed by atoms with van der Waals surface area (Å²) in [6.07, 6.45) is 1.81. The summed E-state index contributed by atoms with van der Waals surface area (Å²) in [5.41, 5.74) is 9.80. The minimum Gasteiger partial charge on any atom is -0.398 e. The van der Waals surface area contributed by atoms with Crippen LogP contribution in [0.3, 0.4) is 0 Å². The molecule has 0 fully saturated rings. The minimum atomic E-state index is 0.802.